The van der Waals surface area contributed by atoms with Gasteiger partial charge in [-0.1, -0.05) is 58.5 Å². The number of carbonyl (C=O) groups is 2. The van der Waals surface area contributed by atoms with Gasteiger partial charge < -0.3 is 0 Å². The van der Waals surface area contributed by atoms with Crippen molar-refractivity contribution >= 4 is 58.2 Å². The lowest BCUT2D eigenvalue weighted by atomic mass is 10.2. The summed E-state index contributed by atoms with van der Waals surface area (Å²) < 4.78 is 0. The minimum atomic E-state index is -0.636. The molecule has 0 aromatic heterocycles. The molecule has 1 heterocycles. The summed E-state index contributed by atoms with van der Waals surface area (Å²) in [5, 5.41) is 0.0805. The smallest absolute Gasteiger partial charge is 0.268 e. The van der Waals surface area contributed by atoms with Crippen LogP contribution in [0, 0.1) is 0 Å². The summed E-state index contributed by atoms with van der Waals surface area (Å²) in [6.07, 6.45) is 0. The summed E-state index contributed by atoms with van der Waals surface area (Å²) in [6, 6.07) is 4.94. The molecule has 0 bridgehead atoms. The van der Waals surface area contributed by atoms with Crippen molar-refractivity contribution in [1.82, 2.24) is 4.90 Å². The van der Waals surface area contributed by atoms with Crippen molar-refractivity contribution in [1.29, 1.82) is 0 Å². The lowest BCUT2D eigenvalue weighted by Gasteiger charge is -2.15. The molecule has 0 atom stereocenters. The van der Waals surface area contributed by atoms with E-state index in [0.717, 1.165) is 4.90 Å². The fraction of sp³-hybridized carbons (Fsp3) is 0.0909. The molecular weight excluding hydrogens is 320 g/mol. The standard InChI is InChI=1S/C11H5Cl4NO2/c12-6-3-1-2-5(7(6)13)4-16-10(17)8(14)9(15)11(16)18/h1-3H,4H2. The number of imide groups is 1. The Morgan fingerprint density at radius 2 is 1.50 bits per heavy atom. The number of benzene rings is 1. The van der Waals surface area contributed by atoms with Crippen molar-refractivity contribution in [2.45, 2.75) is 6.54 Å². The van der Waals surface area contributed by atoms with E-state index in [9.17, 15) is 9.59 Å². The van der Waals surface area contributed by atoms with E-state index >= 15 is 0 Å². The molecule has 1 aromatic carbocycles. The average Bonchev–Trinajstić information content (AvgIpc) is 2.52. The largest absolute Gasteiger partial charge is 0.274 e. The van der Waals surface area contributed by atoms with Crippen molar-refractivity contribution in [3.63, 3.8) is 0 Å². The first-order chi connectivity index (χ1) is 8.43. The van der Waals surface area contributed by atoms with Crippen LogP contribution < -0.4 is 0 Å². The summed E-state index contributed by atoms with van der Waals surface area (Å²) in [7, 11) is 0. The van der Waals surface area contributed by atoms with Gasteiger partial charge in [-0.25, -0.2) is 0 Å². The molecule has 1 aliphatic heterocycles. The third-order valence-electron chi connectivity index (χ3n) is 2.42. The first-order valence-electron chi connectivity index (χ1n) is 4.78. The lowest BCUT2D eigenvalue weighted by molar-refractivity contribution is -0.137. The molecule has 7 heteroatoms. The Balaban J connectivity index is 2.30. The van der Waals surface area contributed by atoms with Crippen molar-refractivity contribution < 1.29 is 9.59 Å². The van der Waals surface area contributed by atoms with Gasteiger partial charge in [0.2, 0.25) is 0 Å². The molecule has 0 saturated carbocycles. The predicted molar refractivity (Wildman–Crippen MR) is 70.8 cm³/mol. The highest BCUT2D eigenvalue weighted by Gasteiger charge is 2.36. The maximum Gasteiger partial charge on any atom is 0.274 e. The van der Waals surface area contributed by atoms with Gasteiger partial charge in [0.05, 0.1) is 16.6 Å². The second kappa shape index (κ2) is 5.10. The Labute approximate surface area is 123 Å². The van der Waals surface area contributed by atoms with Crippen molar-refractivity contribution in [3.8, 4) is 0 Å². The van der Waals surface area contributed by atoms with Gasteiger partial charge in [0.25, 0.3) is 11.8 Å². The number of nitrogens with zero attached hydrogens (tertiary/aromatic N) is 1. The van der Waals surface area contributed by atoms with Crippen LogP contribution in [-0.2, 0) is 16.1 Å². The second-order valence-electron chi connectivity index (χ2n) is 3.54. The summed E-state index contributed by atoms with van der Waals surface area (Å²) in [6.45, 7) is -0.0243. The Bertz CT molecular complexity index is 558. The monoisotopic (exact) mass is 323 g/mol. The topological polar surface area (TPSA) is 37.4 Å². The highest BCUT2D eigenvalue weighted by Crippen LogP contribution is 2.31. The minimum Gasteiger partial charge on any atom is -0.268 e. The van der Waals surface area contributed by atoms with E-state index in [0.29, 0.717) is 15.6 Å². The molecule has 18 heavy (non-hydrogen) atoms. The van der Waals surface area contributed by atoms with Crippen LogP contribution in [0.1, 0.15) is 5.56 Å². The third kappa shape index (κ3) is 2.24. The fourth-order valence-corrected chi connectivity index (χ4v) is 2.25. The molecule has 0 radical (unpaired) electrons. The molecule has 2 rings (SSSR count). The number of halogens is 4. The Hall–Kier alpha value is -0.740. The molecule has 0 saturated heterocycles. The number of amides is 2. The van der Waals surface area contributed by atoms with E-state index < -0.39 is 11.8 Å². The number of rotatable bonds is 2. The molecule has 1 aliphatic rings. The maximum atomic E-state index is 11.7. The zero-order valence-corrected chi connectivity index (χ0v) is 11.7. The van der Waals surface area contributed by atoms with Gasteiger partial charge in [-0.3, -0.25) is 14.5 Å². The normalized spacial score (nSPS) is 15.9. The Morgan fingerprint density at radius 1 is 0.944 bits per heavy atom. The molecule has 0 aliphatic carbocycles. The molecular formula is C11H5Cl4NO2. The molecule has 1 aromatic rings. The van der Waals surface area contributed by atoms with E-state index in [1.165, 1.54) is 0 Å². The minimum absolute atomic E-state index is 0.0243. The first-order valence-corrected chi connectivity index (χ1v) is 6.29. The number of hydrogen-bond acceptors (Lipinski definition) is 2. The molecule has 0 fully saturated rings. The quantitative estimate of drug-likeness (QED) is 0.780. The number of hydrogen-bond donors (Lipinski definition) is 0. The molecule has 2 amide bonds. The van der Waals surface area contributed by atoms with Gasteiger partial charge in [0.15, 0.2) is 0 Å². The van der Waals surface area contributed by atoms with E-state index in [4.69, 9.17) is 46.4 Å². The van der Waals surface area contributed by atoms with E-state index in [2.05, 4.69) is 0 Å². The maximum absolute atomic E-state index is 11.7. The Kier molecular flexibility index (Phi) is 3.87. The van der Waals surface area contributed by atoms with Crippen LogP contribution in [0.25, 0.3) is 0 Å². The van der Waals surface area contributed by atoms with E-state index in [-0.39, 0.29) is 16.6 Å². The highest BCUT2D eigenvalue weighted by molar-refractivity contribution is 6.58. The summed E-state index contributed by atoms with van der Waals surface area (Å²) in [5.41, 5.74) is 0.543. The summed E-state index contributed by atoms with van der Waals surface area (Å²) >= 11 is 23.1. The van der Waals surface area contributed by atoms with Crippen LogP contribution in [0.5, 0.6) is 0 Å². The fourth-order valence-electron chi connectivity index (χ4n) is 1.50. The number of carbonyl (C=O) groups excluding carboxylic acids is 2. The third-order valence-corrected chi connectivity index (χ3v) is 4.07. The van der Waals surface area contributed by atoms with Crippen LogP contribution in [-0.4, -0.2) is 16.7 Å². The van der Waals surface area contributed by atoms with Gasteiger partial charge in [0.1, 0.15) is 10.1 Å². The van der Waals surface area contributed by atoms with Crippen molar-refractivity contribution in [2.24, 2.45) is 0 Å². The van der Waals surface area contributed by atoms with Gasteiger partial charge in [0, 0.05) is 0 Å². The van der Waals surface area contributed by atoms with E-state index in [1.807, 2.05) is 0 Å². The molecule has 0 unspecified atom stereocenters. The van der Waals surface area contributed by atoms with Gasteiger partial charge in [-0.2, -0.15) is 0 Å². The van der Waals surface area contributed by atoms with Crippen molar-refractivity contribution in [3.05, 3.63) is 43.9 Å². The average molecular weight is 325 g/mol. The van der Waals surface area contributed by atoms with Gasteiger partial charge >= 0.3 is 0 Å². The molecule has 3 nitrogen and oxygen atoms in total. The zero-order valence-electron chi connectivity index (χ0n) is 8.71. The lowest BCUT2D eigenvalue weighted by Crippen LogP contribution is -2.30. The van der Waals surface area contributed by atoms with Crippen LogP contribution in [0.2, 0.25) is 10.0 Å². The van der Waals surface area contributed by atoms with Gasteiger partial charge in [-0.15, -0.1) is 0 Å². The van der Waals surface area contributed by atoms with E-state index in [1.54, 1.807) is 18.2 Å². The van der Waals surface area contributed by atoms with Gasteiger partial charge in [-0.05, 0) is 11.6 Å². The Morgan fingerprint density at radius 3 is 2.06 bits per heavy atom. The first kappa shape index (κ1) is 13.7. The van der Waals surface area contributed by atoms with Crippen LogP contribution >= 0.6 is 46.4 Å². The summed E-state index contributed by atoms with van der Waals surface area (Å²) in [4.78, 5) is 24.3. The molecule has 0 spiro atoms. The highest BCUT2D eigenvalue weighted by atomic mass is 35.5. The zero-order chi connectivity index (χ0) is 13.4. The predicted octanol–water partition coefficient (Wildman–Crippen LogP) is 3.55. The summed E-state index contributed by atoms with van der Waals surface area (Å²) in [5.74, 6) is -1.27. The molecule has 94 valence electrons. The van der Waals surface area contributed by atoms with Crippen LogP contribution in [0.15, 0.2) is 28.3 Å². The van der Waals surface area contributed by atoms with Crippen LogP contribution in [0.3, 0.4) is 0 Å². The SMILES string of the molecule is O=C1C(Cl)=C(Cl)C(=O)N1Cc1cccc(Cl)c1Cl. The van der Waals surface area contributed by atoms with Crippen molar-refractivity contribution in [2.75, 3.05) is 0 Å². The van der Waals surface area contributed by atoms with Crippen LogP contribution in [0.4, 0.5) is 0 Å². The molecule has 0 N–H and O–H groups in total. The second-order valence-corrected chi connectivity index (χ2v) is 5.08.